The lowest BCUT2D eigenvalue weighted by Gasteiger charge is -1.93. The van der Waals surface area contributed by atoms with E-state index in [0.29, 0.717) is 6.54 Å². The summed E-state index contributed by atoms with van der Waals surface area (Å²) in [5, 5.41) is 5.88. The van der Waals surface area contributed by atoms with Gasteiger partial charge in [-0.15, -0.1) is 0 Å². The molecule has 0 amide bonds. The summed E-state index contributed by atoms with van der Waals surface area (Å²) in [4.78, 5) is 17.8. The maximum atomic E-state index is 10.9. The van der Waals surface area contributed by atoms with Crippen LogP contribution in [-0.2, 0) is 6.54 Å². The summed E-state index contributed by atoms with van der Waals surface area (Å²) in [7, 11) is 0. The Morgan fingerprint density at radius 2 is 2.50 bits per heavy atom. The highest BCUT2D eigenvalue weighted by atomic mass is 16.1. The number of H-pyrrole nitrogens is 2. The molecule has 2 aromatic heterocycles. The Balaban J connectivity index is 2.25. The van der Waals surface area contributed by atoms with Gasteiger partial charge < -0.3 is 4.98 Å². The van der Waals surface area contributed by atoms with Crippen LogP contribution in [0.5, 0.6) is 0 Å². The van der Waals surface area contributed by atoms with E-state index in [-0.39, 0.29) is 5.69 Å². The summed E-state index contributed by atoms with van der Waals surface area (Å²) in [5.74, 6) is 0.735. The van der Waals surface area contributed by atoms with Crippen LogP contribution in [0, 0.1) is 0 Å². The second kappa shape index (κ2) is 2.65. The summed E-state index contributed by atoms with van der Waals surface area (Å²) < 4.78 is 1.43. The fraction of sp³-hybridized carbons (Fsp3) is 0.167. The van der Waals surface area contributed by atoms with Gasteiger partial charge in [0.05, 0.1) is 6.54 Å². The number of rotatable bonds is 2. The van der Waals surface area contributed by atoms with E-state index < -0.39 is 0 Å². The lowest BCUT2D eigenvalue weighted by atomic mass is 10.6. The van der Waals surface area contributed by atoms with Crippen molar-refractivity contribution >= 4 is 0 Å². The minimum absolute atomic E-state index is 0.230. The molecule has 62 valence electrons. The number of imidazole rings is 1. The predicted octanol–water partition coefficient (Wildman–Crippen LogP) is -0.657. The lowest BCUT2D eigenvalue weighted by Crippen LogP contribution is -2.17. The first kappa shape index (κ1) is 6.84. The van der Waals surface area contributed by atoms with Crippen molar-refractivity contribution in [1.29, 1.82) is 0 Å². The summed E-state index contributed by atoms with van der Waals surface area (Å²) in [5.41, 5.74) is -0.230. The van der Waals surface area contributed by atoms with Crippen LogP contribution in [-0.4, -0.2) is 24.7 Å². The largest absolute Gasteiger partial charge is 0.347 e. The number of aromatic nitrogens is 5. The van der Waals surface area contributed by atoms with E-state index in [9.17, 15) is 4.79 Å². The molecule has 0 spiro atoms. The first-order chi connectivity index (χ1) is 5.86. The first-order valence-corrected chi connectivity index (χ1v) is 3.44. The minimum atomic E-state index is -0.230. The first-order valence-electron chi connectivity index (χ1n) is 3.44. The quantitative estimate of drug-likeness (QED) is 0.620. The van der Waals surface area contributed by atoms with Crippen LogP contribution in [0.3, 0.4) is 0 Å². The fourth-order valence-electron chi connectivity index (χ4n) is 0.929. The molecule has 0 aliphatic heterocycles. The molecule has 12 heavy (non-hydrogen) atoms. The maximum Gasteiger partial charge on any atom is 0.343 e. The molecule has 0 aliphatic rings. The minimum Gasteiger partial charge on any atom is -0.347 e. The van der Waals surface area contributed by atoms with Gasteiger partial charge in [-0.25, -0.2) is 14.9 Å². The van der Waals surface area contributed by atoms with Crippen molar-refractivity contribution in [3.63, 3.8) is 0 Å². The molecule has 6 nitrogen and oxygen atoms in total. The van der Waals surface area contributed by atoms with Crippen molar-refractivity contribution in [1.82, 2.24) is 24.7 Å². The molecular formula is C6H7N5O. The smallest absolute Gasteiger partial charge is 0.343 e. The van der Waals surface area contributed by atoms with Crippen LogP contribution in [0.15, 0.2) is 23.5 Å². The van der Waals surface area contributed by atoms with Crippen LogP contribution in [0.1, 0.15) is 5.82 Å². The Bertz CT molecular complexity index is 398. The van der Waals surface area contributed by atoms with E-state index in [0.717, 1.165) is 5.82 Å². The molecular weight excluding hydrogens is 158 g/mol. The molecule has 0 bridgehead atoms. The molecule has 0 aromatic carbocycles. The van der Waals surface area contributed by atoms with Gasteiger partial charge in [0.2, 0.25) is 0 Å². The topological polar surface area (TPSA) is 79.4 Å². The highest BCUT2D eigenvalue weighted by Crippen LogP contribution is 1.89. The third-order valence-corrected chi connectivity index (χ3v) is 1.49. The molecule has 2 N–H and O–H groups in total. The Hall–Kier alpha value is -1.85. The molecule has 2 aromatic rings. The van der Waals surface area contributed by atoms with Crippen LogP contribution in [0.25, 0.3) is 0 Å². The van der Waals surface area contributed by atoms with E-state index in [1.54, 1.807) is 12.4 Å². The molecule has 0 unspecified atom stereocenters. The van der Waals surface area contributed by atoms with E-state index in [2.05, 4.69) is 20.2 Å². The second-order valence-corrected chi connectivity index (χ2v) is 2.33. The highest BCUT2D eigenvalue weighted by molar-refractivity contribution is 4.88. The monoisotopic (exact) mass is 165 g/mol. The number of nitrogens with zero attached hydrogens (tertiary/aromatic N) is 3. The van der Waals surface area contributed by atoms with Gasteiger partial charge in [-0.1, -0.05) is 0 Å². The summed E-state index contributed by atoms with van der Waals surface area (Å²) in [6, 6.07) is 0. The predicted molar refractivity (Wildman–Crippen MR) is 40.5 cm³/mol. The number of aromatic amines is 2. The van der Waals surface area contributed by atoms with Crippen molar-refractivity contribution in [2.45, 2.75) is 6.54 Å². The van der Waals surface area contributed by atoms with Crippen molar-refractivity contribution in [2.75, 3.05) is 0 Å². The lowest BCUT2D eigenvalue weighted by molar-refractivity contribution is 0.726. The van der Waals surface area contributed by atoms with Crippen molar-refractivity contribution in [3.8, 4) is 0 Å². The second-order valence-electron chi connectivity index (χ2n) is 2.33. The number of hydrogen-bond donors (Lipinski definition) is 2. The van der Waals surface area contributed by atoms with Crippen molar-refractivity contribution < 1.29 is 0 Å². The van der Waals surface area contributed by atoms with Gasteiger partial charge in [0.15, 0.2) is 0 Å². The third kappa shape index (κ3) is 1.14. The molecule has 0 atom stereocenters. The zero-order chi connectivity index (χ0) is 8.39. The standard InChI is InChI=1S/C6H7N5O/c12-6-10-9-4-11(6)3-5-7-1-2-8-5/h1-2,4H,3H2,(H,7,8)(H,10,12). The average molecular weight is 165 g/mol. The number of nitrogens with one attached hydrogen (secondary N) is 2. The van der Waals surface area contributed by atoms with E-state index in [4.69, 9.17) is 0 Å². The van der Waals surface area contributed by atoms with Crippen molar-refractivity contribution in [3.05, 3.63) is 35.0 Å². The van der Waals surface area contributed by atoms with Gasteiger partial charge >= 0.3 is 5.69 Å². The fourth-order valence-corrected chi connectivity index (χ4v) is 0.929. The van der Waals surface area contributed by atoms with E-state index in [1.165, 1.54) is 10.9 Å². The molecule has 2 heterocycles. The molecule has 0 radical (unpaired) electrons. The Morgan fingerprint density at radius 3 is 3.08 bits per heavy atom. The van der Waals surface area contributed by atoms with Crippen LogP contribution >= 0.6 is 0 Å². The molecule has 6 heteroatoms. The normalized spacial score (nSPS) is 10.3. The van der Waals surface area contributed by atoms with Gasteiger partial charge in [0.1, 0.15) is 12.2 Å². The van der Waals surface area contributed by atoms with E-state index >= 15 is 0 Å². The average Bonchev–Trinajstić information content (AvgIpc) is 2.65. The maximum absolute atomic E-state index is 10.9. The molecule has 0 fully saturated rings. The zero-order valence-corrected chi connectivity index (χ0v) is 6.19. The van der Waals surface area contributed by atoms with Gasteiger partial charge in [-0.3, -0.25) is 4.57 Å². The Morgan fingerprint density at radius 1 is 1.58 bits per heavy atom. The van der Waals surface area contributed by atoms with Crippen LogP contribution < -0.4 is 5.69 Å². The molecule has 0 aliphatic carbocycles. The SMILES string of the molecule is O=c1[nH]ncn1Cc1ncc[nH]1. The number of hydrogen-bond acceptors (Lipinski definition) is 3. The summed E-state index contributed by atoms with van der Waals surface area (Å²) in [6.45, 7) is 0.419. The van der Waals surface area contributed by atoms with Gasteiger partial charge in [0.25, 0.3) is 0 Å². The van der Waals surface area contributed by atoms with E-state index in [1.807, 2.05) is 0 Å². The van der Waals surface area contributed by atoms with Crippen LogP contribution in [0.2, 0.25) is 0 Å². The molecule has 2 rings (SSSR count). The third-order valence-electron chi connectivity index (χ3n) is 1.49. The van der Waals surface area contributed by atoms with Gasteiger partial charge in [0, 0.05) is 12.4 Å². The zero-order valence-electron chi connectivity index (χ0n) is 6.19. The van der Waals surface area contributed by atoms with Gasteiger partial charge in [-0.2, -0.15) is 5.10 Å². The molecule has 0 saturated heterocycles. The van der Waals surface area contributed by atoms with Crippen molar-refractivity contribution in [2.24, 2.45) is 0 Å². The van der Waals surface area contributed by atoms with Crippen LogP contribution in [0.4, 0.5) is 0 Å². The summed E-state index contributed by atoms with van der Waals surface area (Å²) in [6.07, 6.45) is 4.78. The Kier molecular flexibility index (Phi) is 1.51. The summed E-state index contributed by atoms with van der Waals surface area (Å²) >= 11 is 0. The molecule has 0 saturated carbocycles. The Labute approximate surface area is 67.3 Å². The highest BCUT2D eigenvalue weighted by Gasteiger charge is 1.99. The van der Waals surface area contributed by atoms with Gasteiger partial charge in [-0.05, 0) is 0 Å².